The Bertz CT molecular complexity index is 1700. The zero-order valence-corrected chi connectivity index (χ0v) is 21.5. The van der Waals surface area contributed by atoms with Gasteiger partial charge >= 0.3 is 0 Å². The largest absolute Gasteiger partial charge is 0.492 e. The molecule has 1 amide bonds. The van der Waals surface area contributed by atoms with E-state index >= 15 is 0 Å². The number of nitrogens with one attached hydrogen (secondary N) is 1. The number of carbonyl (C=O) groups excluding carboxylic acids is 1. The third kappa shape index (κ3) is 3.89. The highest BCUT2D eigenvalue weighted by Crippen LogP contribution is 2.48. The Balaban J connectivity index is 1.13. The molecule has 1 unspecified atom stereocenters. The Morgan fingerprint density at radius 3 is 2.72 bits per heavy atom. The Kier molecular flexibility index (Phi) is 5.50. The van der Waals surface area contributed by atoms with Crippen LogP contribution in [0.3, 0.4) is 0 Å². The predicted octanol–water partition coefficient (Wildman–Crippen LogP) is 4.54. The number of anilines is 1. The number of H-pyrrole nitrogens is 1. The van der Waals surface area contributed by atoms with Crippen LogP contribution in [-0.4, -0.2) is 50.4 Å². The van der Waals surface area contributed by atoms with Gasteiger partial charge in [-0.2, -0.15) is 5.10 Å². The van der Waals surface area contributed by atoms with Crippen LogP contribution in [-0.2, 0) is 0 Å². The summed E-state index contributed by atoms with van der Waals surface area (Å²) in [5.41, 5.74) is 9.92. The number of amides is 1. The number of pyridine rings is 2. The van der Waals surface area contributed by atoms with E-state index in [9.17, 15) is 9.18 Å². The molecule has 2 fully saturated rings. The van der Waals surface area contributed by atoms with Gasteiger partial charge in [-0.05, 0) is 67.3 Å². The topological polar surface area (TPSA) is 114 Å². The second kappa shape index (κ2) is 9.07. The fourth-order valence-electron chi connectivity index (χ4n) is 6.62. The van der Waals surface area contributed by atoms with Gasteiger partial charge in [-0.3, -0.25) is 9.89 Å². The summed E-state index contributed by atoms with van der Waals surface area (Å²) >= 11 is 0. The van der Waals surface area contributed by atoms with Crippen molar-refractivity contribution in [3.8, 4) is 16.9 Å². The third-order valence-corrected chi connectivity index (χ3v) is 8.28. The van der Waals surface area contributed by atoms with Gasteiger partial charge in [0.1, 0.15) is 17.4 Å². The number of rotatable bonds is 6. The van der Waals surface area contributed by atoms with Crippen LogP contribution in [0.4, 0.5) is 10.2 Å². The van der Waals surface area contributed by atoms with E-state index in [1.807, 2.05) is 36.0 Å². The van der Waals surface area contributed by atoms with Crippen molar-refractivity contribution in [2.75, 3.05) is 24.6 Å². The van der Waals surface area contributed by atoms with Crippen LogP contribution < -0.4 is 15.4 Å². The number of aromatic amines is 1. The number of nitrogens with two attached hydrogens (primary N) is 1. The average Bonchev–Trinajstić information content (AvgIpc) is 3.68. The van der Waals surface area contributed by atoms with Crippen molar-refractivity contribution >= 4 is 28.3 Å². The van der Waals surface area contributed by atoms with Crippen molar-refractivity contribution in [2.24, 2.45) is 17.6 Å². The van der Waals surface area contributed by atoms with E-state index in [0.29, 0.717) is 18.4 Å². The molecule has 1 saturated heterocycles. The van der Waals surface area contributed by atoms with E-state index < -0.39 is 11.7 Å². The van der Waals surface area contributed by atoms with Crippen LogP contribution >= 0.6 is 0 Å². The maximum absolute atomic E-state index is 14.3. The van der Waals surface area contributed by atoms with E-state index in [2.05, 4.69) is 32.3 Å². The predicted molar refractivity (Wildman–Crippen MR) is 145 cm³/mol. The van der Waals surface area contributed by atoms with Crippen LogP contribution in [0.15, 0.2) is 55.0 Å². The molecule has 5 aromatic rings. The smallest absolute Gasteiger partial charge is 0.251 e. The molecule has 3 atom stereocenters. The molecule has 1 aliphatic carbocycles. The van der Waals surface area contributed by atoms with E-state index in [0.717, 1.165) is 70.7 Å². The maximum atomic E-state index is 14.3. The molecule has 3 N–H and O–H groups in total. The minimum absolute atomic E-state index is 0.0463. The van der Waals surface area contributed by atoms with Gasteiger partial charge in [0.15, 0.2) is 5.65 Å². The molecule has 7 rings (SSSR count). The van der Waals surface area contributed by atoms with Gasteiger partial charge in [0.25, 0.3) is 5.91 Å². The highest BCUT2D eigenvalue weighted by Gasteiger charge is 2.42. The van der Waals surface area contributed by atoms with Gasteiger partial charge in [0.05, 0.1) is 35.5 Å². The summed E-state index contributed by atoms with van der Waals surface area (Å²) in [4.78, 5) is 19.1. The number of ether oxygens (including phenoxy) is 1. The molecule has 4 aromatic heterocycles. The second-order valence-corrected chi connectivity index (χ2v) is 10.5. The second-order valence-electron chi connectivity index (χ2n) is 10.5. The van der Waals surface area contributed by atoms with Crippen molar-refractivity contribution in [2.45, 2.75) is 25.7 Å². The fraction of sp³-hybridized carbons (Fsp3) is 0.310. The fourth-order valence-corrected chi connectivity index (χ4v) is 6.62. The number of fused-ring (bicyclic) bond motifs is 4. The summed E-state index contributed by atoms with van der Waals surface area (Å²) in [6, 6.07) is 11.0. The van der Waals surface area contributed by atoms with Gasteiger partial charge < -0.3 is 15.4 Å². The van der Waals surface area contributed by atoms with E-state index in [4.69, 9.17) is 15.5 Å². The number of nitrogens with zero attached hydrogens (tertiary/aromatic N) is 5. The highest BCUT2D eigenvalue weighted by molar-refractivity contribution is 6.01. The number of primary amides is 1. The van der Waals surface area contributed by atoms with Crippen molar-refractivity contribution in [1.82, 2.24) is 24.8 Å². The summed E-state index contributed by atoms with van der Waals surface area (Å²) in [7, 11) is 0. The Morgan fingerprint density at radius 1 is 1.18 bits per heavy atom. The molecule has 10 heteroatoms. The van der Waals surface area contributed by atoms with Crippen molar-refractivity contribution in [3.63, 3.8) is 0 Å². The lowest BCUT2D eigenvalue weighted by Gasteiger charge is -2.21. The Morgan fingerprint density at radius 2 is 2.00 bits per heavy atom. The molecule has 9 nitrogen and oxygen atoms in total. The lowest BCUT2D eigenvalue weighted by atomic mass is 9.91. The van der Waals surface area contributed by atoms with Gasteiger partial charge in [-0.25, -0.2) is 13.9 Å². The number of hydrogen-bond donors (Lipinski definition) is 2. The number of benzene rings is 1. The normalized spacial score (nSPS) is 20.7. The quantitative estimate of drug-likeness (QED) is 0.336. The number of hydrogen-bond acceptors (Lipinski definition) is 6. The van der Waals surface area contributed by atoms with E-state index in [-0.39, 0.29) is 11.5 Å². The standard InChI is InChI=1S/C29H28FN7O2/c1-2-39-20-10-22(27-23-12-33-34-29(23)35-37(27)15-20)16-6-7-25(32-11-16)36-13-18-8-17(9-19(18)14-36)21-4-3-5-24(30)26(21)28(31)38/h3-7,10-12,15,17-19H,2,8-9,13-14H2,1H3,(H2,31,38)(H,34,35)/t17?,18-,19+. The number of carbonyl (C=O) groups is 1. The van der Waals surface area contributed by atoms with Crippen LogP contribution in [0.1, 0.15) is 41.6 Å². The zero-order valence-electron chi connectivity index (χ0n) is 21.5. The molecule has 2 aliphatic rings. The molecular weight excluding hydrogens is 497 g/mol. The first kappa shape index (κ1) is 23.6. The van der Waals surface area contributed by atoms with Gasteiger partial charge in [-0.1, -0.05) is 12.1 Å². The van der Waals surface area contributed by atoms with Crippen molar-refractivity contribution < 1.29 is 13.9 Å². The average molecular weight is 526 g/mol. The summed E-state index contributed by atoms with van der Waals surface area (Å²) in [5.74, 6) is 1.52. The Labute approximate surface area is 223 Å². The Hall–Kier alpha value is -4.47. The first-order chi connectivity index (χ1) is 19.0. The molecule has 0 spiro atoms. The number of halogens is 1. The monoisotopic (exact) mass is 525 g/mol. The van der Waals surface area contributed by atoms with Gasteiger partial charge in [0, 0.05) is 30.4 Å². The lowest BCUT2D eigenvalue weighted by molar-refractivity contribution is 0.0995. The maximum Gasteiger partial charge on any atom is 0.251 e. The highest BCUT2D eigenvalue weighted by atomic mass is 19.1. The van der Waals surface area contributed by atoms with Gasteiger partial charge in [0.2, 0.25) is 0 Å². The first-order valence-electron chi connectivity index (χ1n) is 13.3. The van der Waals surface area contributed by atoms with Crippen LogP contribution in [0, 0.1) is 17.7 Å². The first-order valence-corrected chi connectivity index (χ1v) is 13.3. The molecule has 198 valence electrons. The summed E-state index contributed by atoms with van der Waals surface area (Å²) in [6.07, 6.45) is 7.39. The number of aromatic nitrogens is 5. The van der Waals surface area contributed by atoms with Crippen LogP contribution in [0.25, 0.3) is 27.7 Å². The minimum Gasteiger partial charge on any atom is -0.492 e. The van der Waals surface area contributed by atoms with E-state index in [1.165, 1.54) is 6.07 Å². The molecule has 1 aromatic carbocycles. The molecule has 0 radical (unpaired) electrons. The molecule has 1 aliphatic heterocycles. The molecule has 5 heterocycles. The van der Waals surface area contributed by atoms with Crippen molar-refractivity contribution in [1.29, 1.82) is 0 Å². The summed E-state index contributed by atoms with van der Waals surface area (Å²) < 4.78 is 22.0. The summed E-state index contributed by atoms with van der Waals surface area (Å²) in [6.45, 7) is 4.29. The SMILES string of the molecule is CCOc1cc(-c2ccc(N3C[C@H]4CC(c5cccc(F)c5C(N)=O)C[C@H]4C3)nc2)c2c3cn[nH]c3nn2c1. The molecular formula is C29H28FN7O2. The lowest BCUT2D eigenvalue weighted by Crippen LogP contribution is -2.23. The summed E-state index contributed by atoms with van der Waals surface area (Å²) in [5, 5.41) is 12.6. The molecule has 39 heavy (non-hydrogen) atoms. The van der Waals surface area contributed by atoms with Crippen molar-refractivity contribution in [3.05, 3.63) is 71.9 Å². The van der Waals surface area contributed by atoms with Crippen LogP contribution in [0.2, 0.25) is 0 Å². The molecule has 1 saturated carbocycles. The third-order valence-electron chi connectivity index (χ3n) is 8.28. The molecule has 0 bridgehead atoms. The van der Waals surface area contributed by atoms with Gasteiger partial charge in [-0.15, -0.1) is 5.10 Å². The van der Waals surface area contributed by atoms with E-state index in [1.54, 1.807) is 12.3 Å². The van der Waals surface area contributed by atoms with Crippen LogP contribution in [0.5, 0.6) is 5.75 Å². The minimum atomic E-state index is -0.695. The zero-order chi connectivity index (χ0) is 26.7.